The van der Waals surface area contributed by atoms with Crippen molar-refractivity contribution in [3.63, 3.8) is 0 Å². The summed E-state index contributed by atoms with van der Waals surface area (Å²) in [5.74, 6) is -0.609. The zero-order valence-electron chi connectivity index (χ0n) is 9.46. The maximum atomic E-state index is 12.8. The van der Waals surface area contributed by atoms with Crippen LogP contribution in [0, 0.1) is 0 Å². The standard InChI is InChI=1S/C13H11F3O2/c14-13(15,16)11-6-2-1-5-10(11)12(17)9-4-3-7-18-8-9/h1-2,5-6,8H,3-4,7H2. The van der Waals surface area contributed by atoms with Crippen molar-refractivity contribution in [3.05, 3.63) is 47.2 Å². The van der Waals surface area contributed by atoms with Crippen molar-refractivity contribution < 1.29 is 22.7 Å². The van der Waals surface area contributed by atoms with Crippen LogP contribution in [-0.2, 0) is 10.9 Å². The molecule has 0 saturated carbocycles. The van der Waals surface area contributed by atoms with Crippen molar-refractivity contribution in [2.75, 3.05) is 6.61 Å². The Morgan fingerprint density at radius 2 is 1.94 bits per heavy atom. The Balaban J connectivity index is 2.39. The molecular weight excluding hydrogens is 245 g/mol. The van der Waals surface area contributed by atoms with Crippen LogP contribution in [0.1, 0.15) is 28.8 Å². The Kier molecular flexibility index (Phi) is 3.41. The number of carbonyl (C=O) groups excluding carboxylic acids is 1. The van der Waals surface area contributed by atoms with Gasteiger partial charge in [-0.1, -0.05) is 18.2 Å². The summed E-state index contributed by atoms with van der Waals surface area (Å²) in [5, 5.41) is 0. The lowest BCUT2D eigenvalue weighted by molar-refractivity contribution is -0.137. The first-order valence-corrected chi connectivity index (χ1v) is 5.52. The normalized spacial score (nSPS) is 15.8. The van der Waals surface area contributed by atoms with Crippen LogP contribution in [0.4, 0.5) is 13.2 Å². The molecular formula is C13H11F3O2. The molecule has 1 aliphatic heterocycles. The molecule has 1 heterocycles. The summed E-state index contributed by atoms with van der Waals surface area (Å²) in [7, 11) is 0. The third kappa shape index (κ3) is 2.55. The van der Waals surface area contributed by atoms with E-state index in [0.29, 0.717) is 19.4 Å². The van der Waals surface area contributed by atoms with Crippen molar-refractivity contribution in [3.8, 4) is 0 Å². The van der Waals surface area contributed by atoms with Gasteiger partial charge in [0.1, 0.15) is 0 Å². The van der Waals surface area contributed by atoms with E-state index in [0.717, 1.165) is 6.07 Å². The summed E-state index contributed by atoms with van der Waals surface area (Å²) in [6, 6.07) is 4.80. The maximum Gasteiger partial charge on any atom is 0.417 e. The van der Waals surface area contributed by atoms with Crippen LogP contribution in [0.15, 0.2) is 36.1 Å². The fourth-order valence-electron chi connectivity index (χ4n) is 1.83. The van der Waals surface area contributed by atoms with Gasteiger partial charge in [0.15, 0.2) is 5.78 Å². The summed E-state index contributed by atoms with van der Waals surface area (Å²) in [5.41, 5.74) is -0.929. The lowest BCUT2D eigenvalue weighted by atomic mass is 9.95. The molecule has 0 N–H and O–H groups in total. The zero-order chi connectivity index (χ0) is 13.2. The number of alkyl halides is 3. The van der Waals surface area contributed by atoms with E-state index in [1.165, 1.54) is 24.5 Å². The fourth-order valence-corrected chi connectivity index (χ4v) is 1.83. The summed E-state index contributed by atoms with van der Waals surface area (Å²) in [6.45, 7) is 0.498. The second-order valence-electron chi connectivity index (χ2n) is 3.99. The van der Waals surface area contributed by atoms with Crippen molar-refractivity contribution in [2.24, 2.45) is 0 Å². The van der Waals surface area contributed by atoms with E-state index in [2.05, 4.69) is 0 Å². The number of hydrogen-bond donors (Lipinski definition) is 0. The molecule has 0 radical (unpaired) electrons. The number of ether oxygens (including phenoxy) is 1. The van der Waals surface area contributed by atoms with Crippen molar-refractivity contribution >= 4 is 5.78 Å². The van der Waals surface area contributed by atoms with E-state index in [9.17, 15) is 18.0 Å². The van der Waals surface area contributed by atoms with Crippen molar-refractivity contribution in [1.29, 1.82) is 0 Å². The molecule has 0 bridgehead atoms. The second kappa shape index (κ2) is 4.84. The molecule has 1 aromatic rings. The number of halogens is 3. The van der Waals surface area contributed by atoms with Gasteiger partial charge in [-0.2, -0.15) is 13.2 Å². The summed E-state index contributed by atoms with van der Waals surface area (Å²) in [6.07, 6.45) is -2.17. The molecule has 1 aliphatic rings. The number of benzene rings is 1. The van der Waals surface area contributed by atoms with Crippen LogP contribution in [0.25, 0.3) is 0 Å². The average Bonchev–Trinajstić information content (AvgIpc) is 2.38. The van der Waals surface area contributed by atoms with Gasteiger partial charge in [0.05, 0.1) is 18.4 Å². The van der Waals surface area contributed by atoms with Crippen LogP contribution in [0.3, 0.4) is 0 Å². The number of rotatable bonds is 2. The highest BCUT2D eigenvalue weighted by atomic mass is 19.4. The van der Waals surface area contributed by atoms with Gasteiger partial charge in [-0.25, -0.2) is 0 Å². The molecule has 0 atom stereocenters. The summed E-state index contributed by atoms with van der Waals surface area (Å²) in [4.78, 5) is 12.0. The Morgan fingerprint density at radius 3 is 2.56 bits per heavy atom. The number of Topliss-reactive ketones (excluding diaryl/α,β-unsaturated/α-hetero) is 1. The Labute approximate surface area is 102 Å². The van der Waals surface area contributed by atoms with Crippen molar-refractivity contribution in [2.45, 2.75) is 19.0 Å². The quantitative estimate of drug-likeness (QED) is 0.756. The Hall–Kier alpha value is -1.78. The molecule has 0 unspecified atom stereocenters. The highest BCUT2D eigenvalue weighted by molar-refractivity contribution is 6.09. The first-order valence-electron chi connectivity index (χ1n) is 5.52. The van der Waals surface area contributed by atoms with E-state index in [-0.39, 0.29) is 11.1 Å². The third-order valence-corrected chi connectivity index (χ3v) is 2.70. The lowest BCUT2D eigenvalue weighted by Gasteiger charge is -2.15. The molecule has 2 rings (SSSR count). The topological polar surface area (TPSA) is 26.3 Å². The molecule has 0 amide bonds. The molecule has 96 valence electrons. The first kappa shape index (κ1) is 12.7. The summed E-state index contributed by atoms with van der Waals surface area (Å²) >= 11 is 0. The SMILES string of the molecule is O=C(C1=COCCC1)c1ccccc1C(F)(F)F. The van der Waals surface area contributed by atoms with Crippen LogP contribution in [-0.4, -0.2) is 12.4 Å². The number of hydrogen-bond acceptors (Lipinski definition) is 2. The highest BCUT2D eigenvalue weighted by Crippen LogP contribution is 2.33. The number of carbonyl (C=O) groups is 1. The molecule has 0 saturated heterocycles. The molecule has 0 aromatic heterocycles. The van der Waals surface area contributed by atoms with Gasteiger partial charge < -0.3 is 4.74 Å². The van der Waals surface area contributed by atoms with E-state index in [1.807, 2.05) is 0 Å². The second-order valence-corrected chi connectivity index (χ2v) is 3.99. The third-order valence-electron chi connectivity index (χ3n) is 2.70. The van der Waals surface area contributed by atoms with E-state index in [4.69, 9.17) is 4.74 Å². The molecule has 0 aliphatic carbocycles. The first-order chi connectivity index (χ1) is 8.50. The fraction of sp³-hybridized carbons (Fsp3) is 0.308. The Bertz CT molecular complexity index is 489. The number of ketones is 1. The molecule has 1 aromatic carbocycles. The van der Waals surface area contributed by atoms with Crippen molar-refractivity contribution in [1.82, 2.24) is 0 Å². The monoisotopic (exact) mass is 256 g/mol. The molecule has 18 heavy (non-hydrogen) atoms. The van der Waals surface area contributed by atoms with Gasteiger partial charge in [0, 0.05) is 11.1 Å². The van der Waals surface area contributed by atoms with E-state index < -0.39 is 17.5 Å². The molecule has 0 spiro atoms. The highest BCUT2D eigenvalue weighted by Gasteiger charge is 2.35. The van der Waals surface area contributed by atoms with Crippen LogP contribution < -0.4 is 0 Å². The lowest BCUT2D eigenvalue weighted by Crippen LogP contribution is -2.16. The smallest absolute Gasteiger partial charge is 0.417 e. The van der Waals surface area contributed by atoms with Gasteiger partial charge in [-0.3, -0.25) is 4.79 Å². The Morgan fingerprint density at radius 1 is 1.22 bits per heavy atom. The van der Waals surface area contributed by atoms with Crippen LogP contribution in [0.2, 0.25) is 0 Å². The number of allylic oxidation sites excluding steroid dienone is 1. The summed E-state index contributed by atoms with van der Waals surface area (Å²) < 4.78 is 43.3. The minimum absolute atomic E-state index is 0.290. The predicted molar refractivity (Wildman–Crippen MR) is 59.0 cm³/mol. The van der Waals surface area contributed by atoms with E-state index >= 15 is 0 Å². The van der Waals surface area contributed by atoms with Gasteiger partial charge in [0.25, 0.3) is 0 Å². The zero-order valence-corrected chi connectivity index (χ0v) is 9.46. The van der Waals surface area contributed by atoms with Gasteiger partial charge >= 0.3 is 6.18 Å². The molecule has 2 nitrogen and oxygen atoms in total. The average molecular weight is 256 g/mol. The largest absolute Gasteiger partial charge is 0.501 e. The minimum atomic E-state index is -4.53. The van der Waals surface area contributed by atoms with E-state index in [1.54, 1.807) is 0 Å². The predicted octanol–water partition coefficient (Wildman–Crippen LogP) is 3.58. The molecule has 0 fully saturated rings. The molecule has 5 heteroatoms. The van der Waals surface area contributed by atoms with Crippen LogP contribution in [0.5, 0.6) is 0 Å². The maximum absolute atomic E-state index is 12.8. The minimum Gasteiger partial charge on any atom is -0.501 e. The van der Waals surface area contributed by atoms with Crippen LogP contribution >= 0.6 is 0 Å². The van der Waals surface area contributed by atoms with Gasteiger partial charge in [-0.05, 0) is 18.9 Å². The van der Waals surface area contributed by atoms with Gasteiger partial charge in [-0.15, -0.1) is 0 Å². The van der Waals surface area contributed by atoms with Gasteiger partial charge in [0.2, 0.25) is 0 Å².